The van der Waals surface area contributed by atoms with Crippen LogP contribution in [0.4, 0.5) is 4.39 Å². The number of hydrogen-bond donors (Lipinski definition) is 0. The molecule has 0 bridgehead atoms. The van der Waals surface area contributed by atoms with Crippen molar-refractivity contribution >= 4 is 0 Å². The van der Waals surface area contributed by atoms with Crippen molar-refractivity contribution in [3.05, 3.63) is 53.8 Å². The molecule has 0 unspecified atom stereocenters. The lowest BCUT2D eigenvalue weighted by Crippen LogP contribution is -1.99. The van der Waals surface area contributed by atoms with Gasteiger partial charge in [-0.3, -0.25) is 0 Å². The van der Waals surface area contributed by atoms with E-state index in [9.17, 15) is 4.39 Å². The zero-order valence-electron chi connectivity index (χ0n) is 12.2. The molecule has 0 aliphatic carbocycles. The highest BCUT2D eigenvalue weighted by molar-refractivity contribution is 5.71. The second-order valence-corrected chi connectivity index (χ2v) is 4.90. The maximum absolute atomic E-state index is 13.4. The molecule has 0 fully saturated rings. The number of unbranched alkanes of at least 4 members (excludes halogenated alkanes) is 1. The van der Waals surface area contributed by atoms with Crippen LogP contribution in [0.3, 0.4) is 0 Å². The number of benzene rings is 2. The first-order chi connectivity index (χ1) is 9.74. The van der Waals surface area contributed by atoms with Crippen LogP contribution < -0.4 is 4.74 Å². The Bertz CT molecular complexity index is 563. The lowest BCUT2D eigenvalue weighted by atomic mass is 10.0. The van der Waals surface area contributed by atoms with Crippen LogP contribution in [0, 0.1) is 5.82 Å². The molecule has 2 rings (SSSR count). The third kappa shape index (κ3) is 3.60. The van der Waals surface area contributed by atoms with E-state index in [1.807, 2.05) is 12.1 Å². The van der Waals surface area contributed by atoms with Crippen LogP contribution in [0.25, 0.3) is 11.1 Å². The number of rotatable bonds is 6. The van der Waals surface area contributed by atoms with Gasteiger partial charge in [-0.15, -0.1) is 0 Å². The van der Waals surface area contributed by atoms with E-state index in [2.05, 4.69) is 26.0 Å². The lowest BCUT2D eigenvalue weighted by molar-refractivity contribution is 0.310. The molecule has 0 aromatic heterocycles. The predicted molar refractivity (Wildman–Crippen MR) is 81.6 cm³/mol. The van der Waals surface area contributed by atoms with Gasteiger partial charge in [-0.05, 0) is 42.2 Å². The third-order valence-electron chi connectivity index (χ3n) is 3.35. The second-order valence-electron chi connectivity index (χ2n) is 4.90. The van der Waals surface area contributed by atoms with Gasteiger partial charge in [0.25, 0.3) is 0 Å². The minimum atomic E-state index is -0.221. The monoisotopic (exact) mass is 272 g/mol. The first-order valence-corrected chi connectivity index (χ1v) is 7.26. The van der Waals surface area contributed by atoms with E-state index >= 15 is 0 Å². The zero-order chi connectivity index (χ0) is 14.4. The molecule has 0 saturated heterocycles. The summed E-state index contributed by atoms with van der Waals surface area (Å²) in [6, 6.07) is 12.8. The Labute approximate surface area is 120 Å². The van der Waals surface area contributed by atoms with Crippen molar-refractivity contribution in [3.8, 4) is 16.9 Å². The smallest absolute Gasteiger partial charge is 0.127 e. The summed E-state index contributed by atoms with van der Waals surface area (Å²) >= 11 is 0. The van der Waals surface area contributed by atoms with Gasteiger partial charge < -0.3 is 4.74 Å². The molecule has 0 saturated carbocycles. The van der Waals surface area contributed by atoms with E-state index in [0.29, 0.717) is 6.61 Å². The molecule has 0 heterocycles. The van der Waals surface area contributed by atoms with Crippen LogP contribution in [-0.4, -0.2) is 6.61 Å². The van der Waals surface area contributed by atoms with Gasteiger partial charge in [-0.2, -0.15) is 0 Å². The third-order valence-corrected chi connectivity index (χ3v) is 3.35. The van der Waals surface area contributed by atoms with Crippen LogP contribution >= 0.6 is 0 Å². The summed E-state index contributed by atoms with van der Waals surface area (Å²) in [5, 5.41) is 0. The molecule has 0 aliphatic heterocycles. The van der Waals surface area contributed by atoms with Crippen molar-refractivity contribution in [3.63, 3.8) is 0 Å². The fourth-order valence-electron chi connectivity index (χ4n) is 2.13. The van der Waals surface area contributed by atoms with Gasteiger partial charge in [0, 0.05) is 5.56 Å². The minimum absolute atomic E-state index is 0.221. The van der Waals surface area contributed by atoms with Crippen LogP contribution in [0.2, 0.25) is 0 Å². The molecular formula is C18H21FO. The number of aryl methyl sites for hydroxylation is 1. The summed E-state index contributed by atoms with van der Waals surface area (Å²) in [4.78, 5) is 0. The Morgan fingerprint density at radius 2 is 1.90 bits per heavy atom. The maximum Gasteiger partial charge on any atom is 0.127 e. The summed E-state index contributed by atoms with van der Waals surface area (Å²) < 4.78 is 19.3. The Morgan fingerprint density at radius 1 is 1.05 bits per heavy atom. The van der Waals surface area contributed by atoms with Crippen molar-refractivity contribution in [2.24, 2.45) is 0 Å². The largest absolute Gasteiger partial charge is 0.493 e. The Hall–Kier alpha value is -1.83. The van der Waals surface area contributed by atoms with Gasteiger partial charge in [0.15, 0.2) is 0 Å². The van der Waals surface area contributed by atoms with Gasteiger partial charge in [0.05, 0.1) is 6.61 Å². The van der Waals surface area contributed by atoms with Crippen molar-refractivity contribution in [1.82, 2.24) is 0 Å². The summed E-state index contributed by atoms with van der Waals surface area (Å²) in [6.45, 7) is 4.96. The van der Waals surface area contributed by atoms with Gasteiger partial charge in [-0.25, -0.2) is 4.39 Å². The molecule has 0 atom stereocenters. The first kappa shape index (κ1) is 14.6. The lowest BCUT2D eigenvalue weighted by Gasteiger charge is -2.13. The van der Waals surface area contributed by atoms with Crippen LogP contribution in [0.15, 0.2) is 42.5 Å². The molecule has 2 aromatic rings. The van der Waals surface area contributed by atoms with Crippen molar-refractivity contribution < 1.29 is 9.13 Å². The number of ether oxygens (including phenoxy) is 1. The highest BCUT2D eigenvalue weighted by Crippen LogP contribution is 2.31. The molecule has 1 nitrogen and oxygen atoms in total. The van der Waals surface area contributed by atoms with Crippen LogP contribution in [0.1, 0.15) is 32.3 Å². The summed E-state index contributed by atoms with van der Waals surface area (Å²) in [7, 11) is 0. The number of halogens is 1. The average Bonchev–Trinajstić information content (AvgIpc) is 2.47. The standard InChI is InChI=1S/C18H21FO/c1-3-5-11-20-18-12-14(4-2)9-10-17(18)15-7-6-8-16(19)13-15/h6-10,12-13H,3-5,11H2,1-2H3. The maximum atomic E-state index is 13.4. The predicted octanol–water partition coefficient (Wildman–Crippen LogP) is 5.23. The first-order valence-electron chi connectivity index (χ1n) is 7.26. The quantitative estimate of drug-likeness (QED) is 0.654. The molecule has 0 amide bonds. The van der Waals surface area contributed by atoms with Gasteiger partial charge >= 0.3 is 0 Å². The molecule has 0 aliphatic rings. The number of hydrogen-bond acceptors (Lipinski definition) is 1. The minimum Gasteiger partial charge on any atom is -0.493 e. The van der Waals surface area contributed by atoms with Crippen molar-refractivity contribution in [2.75, 3.05) is 6.61 Å². The summed E-state index contributed by atoms with van der Waals surface area (Å²) in [5.74, 6) is 0.630. The molecule has 0 radical (unpaired) electrons. The molecule has 106 valence electrons. The average molecular weight is 272 g/mol. The van der Waals surface area contributed by atoms with E-state index in [1.165, 1.54) is 11.6 Å². The van der Waals surface area contributed by atoms with E-state index in [1.54, 1.807) is 12.1 Å². The molecule has 0 N–H and O–H groups in total. The topological polar surface area (TPSA) is 9.23 Å². The highest BCUT2D eigenvalue weighted by atomic mass is 19.1. The Morgan fingerprint density at radius 3 is 2.60 bits per heavy atom. The Balaban J connectivity index is 2.35. The highest BCUT2D eigenvalue weighted by Gasteiger charge is 2.08. The zero-order valence-corrected chi connectivity index (χ0v) is 12.2. The Kier molecular flexibility index (Phi) is 5.16. The van der Waals surface area contributed by atoms with E-state index < -0.39 is 0 Å². The van der Waals surface area contributed by atoms with Crippen LogP contribution in [-0.2, 0) is 6.42 Å². The SMILES string of the molecule is CCCCOc1cc(CC)ccc1-c1cccc(F)c1. The summed E-state index contributed by atoms with van der Waals surface area (Å²) in [6.07, 6.45) is 3.09. The van der Waals surface area contributed by atoms with E-state index in [4.69, 9.17) is 4.74 Å². The summed E-state index contributed by atoms with van der Waals surface area (Å²) in [5.41, 5.74) is 3.05. The van der Waals surface area contributed by atoms with E-state index in [0.717, 1.165) is 36.1 Å². The molecular weight excluding hydrogens is 251 g/mol. The molecule has 2 heteroatoms. The van der Waals surface area contributed by atoms with Gasteiger partial charge in [0.1, 0.15) is 11.6 Å². The molecule has 20 heavy (non-hydrogen) atoms. The second kappa shape index (κ2) is 7.09. The normalized spacial score (nSPS) is 10.6. The van der Waals surface area contributed by atoms with Crippen molar-refractivity contribution in [1.29, 1.82) is 0 Å². The van der Waals surface area contributed by atoms with E-state index in [-0.39, 0.29) is 5.82 Å². The molecule has 2 aromatic carbocycles. The fraction of sp³-hybridized carbons (Fsp3) is 0.333. The van der Waals surface area contributed by atoms with Gasteiger partial charge in [0.2, 0.25) is 0 Å². The van der Waals surface area contributed by atoms with Gasteiger partial charge in [-0.1, -0.05) is 44.5 Å². The fourth-order valence-corrected chi connectivity index (χ4v) is 2.13. The van der Waals surface area contributed by atoms with Crippen molar-refractivity contribution in [2.45, 2.75) is 33.1 Å². The molecule has 0 spiro atoms. The van der Waals surface area contributed by atoms with Crippen LogP contribution in [0.5, 0.6) is 5.75 Å².